The lowest BCUT2D eigenvalue weighted by atomic mass is 10.2. The molecule has 1 heterocycles. The van der Waals surface area contributed by atoms with Gasteiger partial charge in [-0.15, -0.1) is 23.7 Å². The Kier molecular flexibility index (Phi) is 4.31. The van der Waals surface area contributed by atoms with Crippen LogP contribution in [0.15, 0.2) is 35.7 Å². The van der Waals surface area contributed by atoms with Gasteiger partial charge in [0.1, 0.15) is 5.01 Å². The average molecular weight is 242 g/mol. The number of hydrogen-bond acceptors (Lipinski definition) is 3. The van der Waals surface area contributed by atoms with Crippen molar-refractivity contribution in [3.05, 3.63) is 40.7 Å². The Morgan fingerprint density at radius 2 is 2.12 bits per heavy atom. The second-order valence-corrected chi connectivity index (χ2v) is 4.57. The van der Waals surface area contributed by atoms with Crippen LogP contribution >= 0.6 is 11.3 Å². The van der Waals surface area contributed by atoms with Crippen LogP contribution in [0.3, 0.4) is 0 Å². The van der Waals surface area contributed by atoms with Crippen LogP contribution in [-0.2, 0) is 6.54 Å². The van der Waals surface area contributed by atoms with E-state index in [1.54, 1.807) is 11.3 Å². The van der Waals surface area contributed by atoms with Crippen LogP contribution in [0.5, 0.6) is 0 Å². The lowest BCUT2D eigenvalue weighted by molar-refractivity contribution is 0.698. The molecule has 0 radical (unpaired) electrons. The number of nitrogens with zero attached hydrogens (tertiary/aromatic N) is 1. The first-order valence-electron chi connectivity index (χ1n) is 5.54. The molecule has 3 heteroatoms. The van der Waals surface area contributed by atoms with Crippen LogP contribution in [0.2, 0.25) is 0 Å². The third-order valence-corrected chi connectivity index (χ3v) is 3.19. The van der Waals surface area contributed by atoms with Crippen LogP contribution in [0.25, 0.3) is 11.3 Å². The third-order valence-electron chi connectivity index (χ3n) is 2.34. The SMILES string of the molecule is C#CCCNCc1nc(-c2ccccc2)cs1. The summed E-state index contributed by atoms with van der Waals surface area (Å²) in [5, 5.41) is 6.46. The topological polar surface area (TPSA) is 24.9 Å². The molecule has 0 bridgehead atoms. The highest BCUT2D eigenvalue weighted by atomic mass is 32.1. The Bertz CT molecular complexity index is 496. The molecule has 0 unspecified atom stereocenters. The summed E-state index contributed by atoms with van der Waals surface area (Å²) >= 11 is 1.68. The summed E-state index contributed by atoms with van der Waals surface area (Å²) in [6, 6.07) is 10.2. The Morgan fingerprint density at radius 3 is 2.88 bits per heavy atom. The Labute approximate surface area is 106 Å². The van der Waals surface area contributed by atoms with Crippen molar-refractivity contribution in [3.63, 3.8) is 0 Å². The van der Waals surface area contributed by atoms with Gasteiger partial charge in [0, 0.05) is 30.5 Å². The van der Waals surface area contributed by atoms with Crippen LogP contribution in [-0.4, -0.2) is 11.5 Å². The molecule has 17 heavy (non-hydrogen) atoms. The van der Waals surface area contributed by atoms with E-state index < -0.39 is 0 Å². The summed E-state index contributed by atoms with van der Waals surface area (Å²) in [6.45, 7) is 1.63. The molecule has 0 aliphatic heterocycles. The summed E-state index contributed by atoms with van der Waals surface area (Å²) in [6.07, 6.45) is 5.95. The summed E-state index contributed by atoms with van der Waals surface area (Å²) in [4.78, 5) is 4.58. The van der Waals surface area contributed by atoms with Crippen molar-refractivity contribution in [3.8, 4) is 23.6 Å². The van der Waals surface area contributed by atoms with Crippen LogP contribution in [0.1, 0.15) is 11.4 Å². The smallest absolute Gasteiger partial charge is 0.107 e. The predicted molar refractivity (Wildman–Crippen MR) is 72.7 cm³/mol. The van der Waals surface area contributed by atoms with Crippen LogP contribution in [0.4, 0.5) is 0 Å². The van der Waals surface area contributed by atoms with Gasteiger partial charge in [-0.2, -0.15) is 0 Å². The molecule has 2 nitrogen and oxygen atoms in total. The molecule has 0 atom stereocenters. The molecular weight excluding hydrogens is 228 g/mol. The van der Waals surface area contributed by atoms with E-state index >= 15 is 0 Å². The lowest BCUT2D eigenvalue weighted by Crippen LogP contribution is -2.13. The Morgan fingerprint density at radius 1 is 1.29 bits per heavy atom. The van der Waals surface area contributed by atoms with Gasteiger partial charge in [0.05, 0.1) is 5.69 Å². The van der Waals surface area contributed by atoms with Crippen LogP contribution in [0, 0.1) is 12.3 Å². The third kappa shape index (κ3) is 3.42. The fraction of sp³-hybridized carbons (Fsp3) is 0.214. The molecule has 0 saturated carbocycles. The molecule has 2 aromatic rings. The van der Waals surface area contributed by atoms with Gasteiger partial charge in [-0.3, -0.25) is 0 Å². The molecule has 86 valence electrons. The Hall–Kier alpha value is -1.63. The number of benzene rings is 1. The largest absolute Gasteiger partial charge is 0.310 e. The van der Waals surface area contributed by atoms with Gasteiger partial charge in [-0.25, -0.2) is 4.98 Å². The Balaban J connectivity index is 1.95. The minimum absolute atomic E-state index is 0.761. The molecule has 0 amide bonds. The van der Waals surface area contributed by atoms with Crippen molar-refractivity contribution in [2.75, 3.05) is 6.54 Å². The van der Waals surface area contributed by atoms with E-state index in [2.05, 4.69) is 33.7 Å². The summed E-state index contributed by atoms with van der Waals surface area (Å²) < 4.78 is 0. The normalized spacial score (nSPS) is 10.1. The fourth-order valence-corrected chi connectivity index (χ4v) is 2.26. The second kappa shape index (κ2) is 6.19. The predicted octanol–water partition coefficient (Wildman–Crippen LogP) is 2.92. The molecule has 0 saturated heterocycles. The number of hydrogen-bond donors (Lipinski definition) is 1. The van der Waals surface area contributed by atoms with Gasteiger partial charge < -0.3 is 5.32 Å². The molecule has 0 aliphatic rings. The van der Waals surface area contributed by atoms with Crippen molar-refractivity contribution in [1.82, 2.24) is 10.3 Å². The minimum Gasteiger partial charge on any atom is -0.310 e. The highest BCUT2D eigenvalue weighted by Crippen LogP contribution is 2.21. The molecule has 1 aromatic carbocycles. The van der Waals surface area contributed by atoms with E-state index in [4.69, 9.17) is 6.42 Å². The number of terminal acetylenes is 1. The van der Waals surface area contributed by atoms with Gasteiger partial charge in [0.15, 0.2) is 0 Å². The van der Waals surface area contributed by atoms with Crippen molar-refractivity contribution >= 4 is 11.3 Å². The summed E-state index contributed by atoms with van der Waals surface area (Å²) in [5.41, 5.74) is 2.21. The van der Waals surface area contributed by atoms with Crippen molar-refractivity contribution in [1.29, 1.82) is 0 Å². The zero-order valence-corrected chi connectivity index (χ0v) is 10.3. The van der Waals surface area contributed by atoms with Gasteiger partial charge in [-0.05, 0) is 0 Å². The van der Waals surface area contributed by atoms with Gasteiger partial charge in [0.2, 0.25) is 0 Å². The zero-order valence-electron chi connectivity index (χ0n) is 9.52. The fourth-order valence-electron chi connectivity index (χ4n) is 1.49. The molecule has 1 aromatic heterocycles. The van der Waals surface area contributed by atoms with E-state index in [9.17, 15) is 0 Å². The number of thiazole rings is 1. The summed E-state index contributed by atoms with van der Waals surface area (Å²) in [7, 11) is 0. The zero-order chi connectivity index (χ0) is 11.9. The maximum atomic E-state index is 5.19. The van der Waals surface area contributed by atoms with Crippen molar-refractivity contribution in [2.45, 2.75) is 13.0 Å². The molecule has 1 N–H and O–H groups in total. The number of aromatic nitrogens is 1. The molecule has 2 rings (SSSR count). The maximum absolute atomic E-state index is 5.19. The van der Waals surface area contributed by atoms with Gasteiger partial charge in [-0.1, -0.05) is 30.3 Å². The van der Waals surface area contributed by atoms with E-state index in [1.165, 1.54) is 5.56 Å². The molecule has 0 fully saturated rings. The first-order chi connectivity index (χ1) is 8.40. The number of rotatable bonds is 5. The quantitative estimate of drug-likeness (QED) is 0.644. The van der Waals surface area contributed by atoms with E-state index in [-0.39, 0.29) is 0 Å². The lowest BCUT2D eigenvalue weighted by Gasteiger charge is -1.98. The first kappa shape index (κ1) is 11.8. The first-order valence-corrected chi connectivity index (χ1v) is 6.42. The van der Waals surface area contributed by atoms with Gasteiger partial charge in [0.25, 0.3) is 0 Å². The molecule has 0 aliphatic carbocycles. The standard InChI is InChI=1S/C14H14N2S/c1-2-3-9-15-10-14-16-13(11-17-14)12-7-5-4-6-8-12/h1,4-8,11,15H,3,9-10H2. The molecule has 0 spiro atoms. The second-order valence-electron chi connectivity index (χ2n) is 3.62. The number of nitrogens with one attached hydrogen (secondary N) is 1. The average Bonchev–Trinajstić information content (AvgIpc) is 2.85. The monoisotopic (exact) mass is 242 g/mol. The maximum Gasteiger partial charge on any atom is 0.107 e. The van der Waals surface area contributed by atoms with E-state index in [0.29, 0.717) is 0 Å². The van der Waals surface area contributed by atoms with E-state index in [1.807, 2.05) is 18.2 Å². The van der Waals surface area contributed by atoms with Gasteiger partial charge >= 0.3 is 0 Å². The highest BCUT2D eigenvalue weighted by Gasteiger charge is 2.03. The highest BCUT2D eigenvalue weighted by molar-refractivity contribution is 7.09. The van der Waals surface area contributed by atoms with Crippen molar-refractivity contribution < 1.29 is 0 Å². The minimum atomic E-state index is 0.761. The van der Waals surface area contributed by atoms with Crippen LogP contribution < -0.4 is 5.32 Å². The summed E-state index contributed by atoms with van der Waals surface area (Å²) in [5.74, 6) is 2.61. The molecular formula is C14H14N2S. The van der Waals surface area contributed by atoms with Crippen molar-refractivity contribution in [2.24, 2.45) is 0 Å². The van der Waals surface area contributed by atoms with E-state index in [0.717, 1.165) is 30.2 Å².